The summed E-state index contributed by atoms with van der Waals surface area (Å²) in [7, 11) is 0. The molecule has 2 heteroatoms. The molecule has 0 radical (unpaired) electrons. The van der Waals surface area contributed by atoms with Gasteiger partial charge in [0, 0.05) is 11.9 Å². The standard InChI is InChI=1S/C6H10N2.C2H6/c1-3-6-4-7-5(2)8-6;1-2/h4H,3H2,1-2H3,(H,7,8);1-2H3. The fourth-order valence-corrected chi connectivity index (χ4v) is 0.651. The van der Waals surface area contributed by atoms with E-state index in [0.29, 0.717) is 0 Å². The molecule has 0 aliphatic carbocycles. The topological polar surface area (TPSA) is 28.7 Å². The van der Waals surface area contributed by atoms with Crippen LogP contribution in [0.15, 0.2) is 6.20 Å². The molecule has 0 atom stereocenters. The van der Waals surface area contributed by atoms with Crippen LogP contribution in [-0.2, 0) is 6.42 Å². The van der Waals surface area contributed by atoms with Crippen LogP contribution in [0.5, 0.6) is 0 Å². The Morgan fingerprint density at radius 2 is 2.10 bits per heavy atom. The van der Waals surface area contributed by atoms with Crippen LogP contribution in [0.2, 0.25) is 0 Å². The average Bonchev–Trinajstić information content (AvgIpc) is 2.40. The highest BCUT2D eigenvalue weighted by atomic mass is 14.9. The molecule has 0 aromatic carbocycles. The molecular formula is C8H16N2. The molecule has 0 spiro atoms. The number of nitrogens with zero attached hydrogens (tertiary/aromatic N) is 1. The zero-order valence-electron chi connectivity index (χ0n) is 7.23. The quantitative estimate of drug-likeness (QED) is 0.637. The Hall–Kier alpha value is -0.790. The highest BCUT2D eigenvalue weighted by Crippen LogP contribution is 1.94. The largest absolute Gasteiger partial charge is 0.346 e. The first-order chi connectivity index (χ1) is 4.83. The summed E-state index contributed by atoms with van der Waals surface area (Å²) in [6, 6.07) is 0. The van der Waals surface area contributed by atoms with Gasteiger partial charge in [0.25, 0.3) is 0 Å². The zero-order valence-corrected chi connectivity index (χ0v) is 7.23. The molecule has 0 amide bonds. The Bertz CT molecular complexity index is 168. The van der Waals surface area contributed by atoms with E-state index in [9.17, 15) is 0 Å². The Labute approximate surface area is 62.7 Å². The molecule has 0 fully saturated rings. The van der Waals surface area contributed by atoms with Crippen molar-refractivity contribution < 1.29 is 0 Å². The van der Waals surface area contributed by atoms with Crippen LogP contribution < -0.4 is 0 Å². The summed E-state index contributed by atoms with van der Waals surface area (Å²) in [4.78, 5) is 7.15. The van der Waals surface area contributed by atoms with Gasteiger partial charge in [-0.15, -0.1) is 0 Å². The molecule has 1 aromatic heterocycles. The maximum atomic E-state index is 4.03. The zero-order chi connectivity index (χ0) is 7.98. The van der Waals surface area contributed by atoms with Crippen LogP contribution in [0, 0.1) is 6.92 Å². The lowest BCUT2D eigenvalue weighted by atomic mass is 10.4. The molecule has 0 saturated carbocycles. The number of rotatable bonds is 1. The molecule has 2 nitrogen and oxygen atoms in total. The van der Waals surface area contributed by atoms with Gasteiger partial charge in [0.15, 0.2) is 0 Å². The van der Waals surface area contributed by atoms with Gasteiger partial charge in [-0.1, -0.05) is 20.8 Å². The van der Waals surface area contributed by atoms with Crippen molar-refractivity contribution >= 4 is 0 Å². The third kappa shape index (κ3) is 2.67. The van der Waals surface area contributed by atoms with Crippen molar-refractivity contribution in [1.29, 1.82) is 0 Å². The number of hydrogen-bond acceptors (Lipinski definition) is 1. The smallest absolute Gasteiger partial charge is 0.103 e. The van der Waals surface area contributed by atoms with Gasteiger partial charge in [-0.2, -0.15) is 0 Å². The summed E-state index contributed by atoms with van der Waals surface area (Å²) < 4.78 is 0. The van der Waals surface area contributed by atoms with Crippen LogP contribution in [0.4, 0.5) is 0 Å². The molecule has 1 N–H and O–H groups in total. The molecule has 1 heterocycles. The second kappa shape index (κ2) is 5.03. The first kappa shape index (κ1) is 9.21. The molecule has 10 heavy (non-hydrogen) atoms. The van der Waals surface area contributed by atoms with Crippen molar-refractivity contribution in [2.75, 3.05) is 0 Å². The SMILES string of the molecule is CC.CCc1cnc(C)[nH]1. The van der Waals surface area contributed by atoms with Crippen molar-refractivity contribution in [2.24, 2.45) is 0 Å². The Balaban J connectivity index is 0.000000371. The molecule has 1 aromatic rings. The molecule has 0 bridgehead atoms. The Morgan fingerprint density at radius 3 is 2.30 bits per heavy atom. The first-order valence-electron chi connectivity index (χ1n) is 3.83. The van der Waals surface area contributed by atoms with Crippen molar-refractivity contribution in [3.05, 3.63) is 17.7 Å². The van der Waals surface area contributed by atoms with Crippen LogP contribution in [-0.4, -0.2) is 9.97 Å². The number of nitrogens with one attached hydrogen (secondary N) is 1. The monoisotopic (exact) mass is 140 g/mol. The van der Waals surface area contributed by atoms with E-state index in [1.807, 2.05) is 27.0 Å². The second-order valence-electron chi connectivity index (χ2n) is 1.85. The third-order valence-electron chi connectivity index (χ3n) is 1.14. The number of hydrogen-bond donors (Lipinski definition) is 1. The Kier molecular flexibility index (Phi) is 4.63. The van der Waals surface area contributed by atoms with Gasteiger partial charge in [-0.3, -0.25) is 0 Å². The lowest BCUT2D eigenvalue weighted by Gasteiger charge is -1.82. The van der Waals surface area contributed by atoms with Crippen LogP contribution in [0.3, 0.4) is 0 Å². The molecule has 58 valence electrons. The lowest BCUT2D eigenvalue weighted by molar-refractivity contribution is 1.04. The van der Waals surface area contributed by atoms with E-state index in [2.05, 4.69) is 16.9 Å². The fourth-order valence-electron chi connectivity index (χ4n) is 0.651. The van der Waals surface area contributed by atoms with E-state index in [0.717, 1.165) is 12.2 Å². The third-order valence-corrected chi connectivity index (χ3v) is 1.14. The van der Waals surface area contributed by atoms with Crippen LogP contribution in [0.1, 0.15) is 32.3 Å². The van der Waals surface area contributed by atoms with Gasteiger partial charge < -0.3 is 4.98 Å². The minimum absolute atomic E-state index is 1.00. The average molecular weight is 140 g/mol. The van der Waals surface area contributed by atoms with Crippen LogP contribution in [0.25, 0.3) is 0 Å². The van der Waals surface area contributed by atoms with Crippen molar-refractivity contribution in [1.82, 2.24) is 9.97 Å². The highest BCUT2D eigenvalue weighted by Gasteiger charge is 1.89. The van der Waals surface area contributed by atoms with E-state index in [-0.39, 0.29) is 0 Å². The van der Waals surface area contributed by atoms with Gasteiger partial charge in [0.1, 0.15) is 5.82 Å². The lowest BCUT2D eigenvalue weighted by Crippen LogP contribution is -1.76. The number of H-pyrrole nitrogens is 1. The van der Waals surface area contributed by atoms with E-state index in [1.165, 1.54) is 5.69 Å². The van der Waals surface area contributed by atoms with Gasteiger partial charge in [0.05, 0.1) is 0 Å². The predicted molar refractivity (Wildman–Crippen MR) is 44.1 cm³/mol. The van der Waals surface area contributed by atoms with E-state index in [1.54, 1.807) is 0 Å². The summed E-state index contributed by atoms with van der Waals surface area (Å²) in [5.41, 5.74) is 1.21. The normalized spacial score (nSPS) is 8.40. The number of aryl methyl sites for hydroxylation is 2. The first-order valence-corrected chi connectivity index (χ1v) is 3.83. The molecule has 0 aliphatic rings. The summed E-state index contributed by atoms with van der Waals surface area (Å²) in [5, 5.41) is 0. The number of aromatic amines is 1. The molecule has 0 unspecified atom stereocenters. The van der Waals surface area contributed by atoms with Gasteiger partial charge in [0.2, 0.25) is 0 Å². The molecule has 0 aliphatic heterocycles. The fraction of sp³-hybridized carbons (Fsp3) is 0.625. The van der Waals surface area contributed by atoms with E-state index in [4.69, 9.17) is 0 Å². The molecular weight excluding hydrogens is 124 g/mol. The minimum atomic E-state index is 1.00. The van der Waals surface area contributed by atoms with E-state index < -0.39 is 0 Å². The van der Waals surface area contributed by atoms with Crippen molar-refractivity contribution in [3.8, 4) is 0 Å². The van der Waals surface area contributed by atoms with Gasteiger partial charge in [-0.25, -0.2) is 4.98 Å². The van der Waals surface area contributed by atoms with Crippen LogP contribution >= 0.6 is 0 Å². The summed E-state index contributed by atoms with van der Waals surface area (Å²) in [6.45, 7) is 8.06. The predicted octanol–water partition coefficient (Wildman–Crippen LogP) is 2.31. The summed E-state index contributed by atoms with van der Waals surface area (Å²) in [6.07, 6.45) is 2.91. The highest BCUT2D eigenvalue weighted by molar-refractivity contribution is 4.98. The number of aromatic nitrogens is 2. The van der Waals surface area contributed by atoms with Crippen molar-refractivity contribution in [2.45, 2.75) is 34.1 Å². The maximum absolute atomic E-state index is 4.03. The Morgan fingerprint density at radius 1 is 1.50 bits per heavy atom. The van der Waals surface area contributed by atoms with E-state index >= 15 is 0 Å². The summed E-state index contributed by atoms with van der Waals surface area (Å²) in [5.74, 6) is 1.00. The summed E-state index contributed by atoms with van der Waals surface area (Å²) >= 11 is 0. The molecule has 1 rings (SSSR count). The second-order valence-corrected chi connectivity index (χ2v) is 1.85. The molecule has 0 saturated heterocycles. The van der Waals surface area contributed by atoms with Gasteiger partial charge >= 0.3 is 0 Å². The number of imidazole rings is 1. The van der Waals surface area contributed by atoms with Gasteiger partial charge in [-0.05, 0) is 13.3 Å². The maximum Gasteiger partial charge on any atom is 0.103 e. The minimum Gasteiger partial charge on any atom is -0.346 e. The van der Waals surface area contributed by atoms with Crippen molar-refractivity contribution in [3.63, 3.8) is 0 Å².